The fraction of sp³-hybridized carbons (Fsp3) is 0.522. The molecule has 1 amide bonds. The zero-order valence-corrected chi connectivity index (χ0v) is 17.5. The van der Waals surface area contributed by atoms with Crippen molar-refractivity contribution in [1.82, 2.24) is 10.2 Å². The van der Waals surface area contributed by atoms with Crippen molar-refractivity contribution < 1.29 is 13.9 Å². The number of ether oxygens (including phenoxy) is 1. The summed E-state index contributed by atoms with van der Waals surface area (Å²) in [5.41, 5.74) is 2.08. The maximum Gasteiger partial charge on any atom is 0.258 e. The van der Waals surface area contributed by atoms with Gasteiger partial charge in [-0.3, -0.25) is 9.69 Å². The van der Waals surface area contributed by atoms with Crippen molar-refractivity contribution in [3.05, 3.63) is 53.0 Å². The van der Waals surface area contributed by atoms with Crippen LogP contribution in [0.25, 0.3) is 0 Å². The van der Waals surface area contributed by atoms with E-state index in [9.17, 15) is 4.79 Å². The molecule has 1 N–H and O–H groups in total. The zero-order chi connectivity index (χ0) is 20.1. The van der Waals surface area contributed by atoms with Crippen LogP contribution in [0.2, 0.25) is 0 Å². The van der Waals surface area contributed by atoms with Gasteiger partial charge in [-0.15, -0.1) is 0 Å². The van der Waals surface area contributed by atoms with Crippen LogP contribution in [0.4, 0.5) is 0 Å². The van der Waals surface area contributed by atoms with E-state index in [0.717, 1.165) is 47.4 Å². The van der Waals surface area contributed by atoms with Crippen molar-refractivity contribution in [3.63, 3.8) is 0 Å². The predicted molar refractivity (Wildman–Crippen MR) is 111 cm³/mol. The van der Waals surface area contributed by atoms with Crippen LogP contribution in [0.3, 0.4) is 0 Å². The van der Waals surface area contributed by atoms with Crippen LogP contribution in [0.1, 0.15) is 48.5 Å². The molecule has 3 rings (SSSR count). The standard InChI is InChI=1S/C23H32N2O3/c1-16-10-12-25(13-11-16)20(21-9-8-19(4)28-21)14-24-22(26)15-27-23-17(2)6-5-7-18(23)3/h5-9,16,20H,10-15H2,1-4H3,(H,24,26)/t20-/m0/s1. The molecule has 5 nitrogen and oxygen atoms in total. The van der Waals surface area contributed by atoms with E-state index in [1.807, 2.05) is 51.1 Å². The topological polar surface area (TPSA) is 54.7 Å². The maximum absolute atomic E-state index is 12.4. The minimum Gasteiger partial charge on any atom is -0.483 e. The number of hydrogen-bond acceptors (Lipinski definition) is 4. The molecule has 2 heterocycles. The highest BCUT2D eigenvalue weighted by Crippen LogP contribution is 2.27. The quantitative estimate of drug-likeness (QED) is 0.778. The molecule has 1 saturated heterocycles. The number of amides is 1. The Morgan fingerprint density at radius 1 is 1.18 bits per heavy atom. The number of hydrogen-bond donors (Lipinski definition) is 1. The van der Waals surface area contributed by atoms with Gasteiger partial charge in [0, 0.05) is 6.54 Å². The van der Waals surface area contributed by atoms with Crippen molar-refractivity contribution in [3.8, 4) is 5.75 Å². The number of likely N-dealkylation sites (tertiary alicyclic amines) is 1. The van der Waals surface area contributed by atoms with Gasteiger partial charge in [-0.25, -0.2) is 0 Å². The van der Waals surface area contributed by atoms with Crippen molar-refractivity contribution in [2.45, 2.75) is 46.6 Å². The van der Waals surface area contributed by atoms with Gasteiger partial charge in [-0.05, 0) is 75.9 Å². The van der Waals surface area contributed by atoms with Crippen LogP contribution in [-0.4, -0.2) is 37.0 Å². The molecule has 2 aromatic rings. The van der Waals surface area contributed by atoms with Gasteiger partial charge >= 0.3 is 0 Å². The lowest BCUT2D eigenvalue weighted by Gasteiger charge is -2.35. The Labute approximate surface area is 168 Å². The molecule has 0 spiro atoms. The zero-order valence-electron chi connectivity index (χ0n) is 17.5. The Morgan fingerprint density at radius 3 is 2.46 bits per heavy atom. The van der Waals surface area contributed by atoms with Crippen LogP contribution in [0.15, 0.2) is 34.7 Å². The molecule has 1 aromatic heterocycles. The number of furan rings is 1. The molecule has 1 aliphatic rings. The number of rotatable bonds is 7. The first-order chi connectivity index (χ1) is 13.4. The molecule has 1 atom stereocenters. The number of aryl methyl sites for hydroxylation is 3. The van der Waals surface area contributed by atoms with E-state index in [4.69, 9.17) is 9.15 Å². The van der Waals surface area contributed by atoms with Crippen molar-refractivity contribution in [2.24, 2.45) is 5.92 Å². The fourth-order valence-corrected chi connectivity index (χ4v) is 3.81. The van der Waals surface area contributed by atoms with E-state index in [1.165, 1.54) is 12.8 Å². The monoisotopic (exact) mass is 384 g/mol. The summed E-state index contributed by atoms with van der Waals surface area (Å²) in [6, 6.07) is 10.1. The Kier molecular flexibility index (Phi) is 6.79. The largest absolute Gasteiger partial charge is 0.483 e. The van der Waals surface area contributed by atoms with E-state index in [1.54, 1.807) is 0 Å². The summed E-state index contributed by atoms with van der Waals surface area (Å²) < 4.78 is 11.7. The number of nitrogens with one attached hydrogen (secondary N) is 1. The fourth-order valence-electron chi connectivity index (χ4n) is 3.81. The van der Waals surface area contributed by atoms with Gasteiger partial charge in [0.1, 0.15) is 17.3 Å². The smallest absolute Gasteiger partial charge is 0.258 e. The van der Waals surface area contributed by atoms with Crippen molar-refractivity contribution in [1.29, 1.82) is 0 Å². The first-order valence-corrected chi connectivity index (χ1v) is 10.2. The average molecular weight is 385 g/mol. The van der Waals surface area contributed by atoms with E-state index in [2.05, 4.69) is 17.1 Å². The third kappa shape index (κ3) is 5.16. The molecule has 28 heavy (non-hydrogen) atoms. The molecule has 1 aromatic carbocycles. The molecular weight excluding hydrogens is 352 g/mol. The van der Waals surface area contributed by atoms with Crippen LogP contribution in [-0.2, 0) is 4.79 Å². The normalized spacial score (nSPS) is 16.7. The van der Waals surface area contributed by atoms with Gasteiger partial charge in [0.25, 0.3) is 5.91 Å². The van der Waals surface area contributed by atoms with Gasteiger partial charge in [0.15, 0.2) is 6.61 Å². The Morgan fingerprint density at radius 2 is 1.86 bits per heavy atom. The summed E-state index contributed by atoms with van der Waals surface area (Å²) in [7, 11) is 0. The number of para-hydroxylation sites is 1. The van der Waals surface area contributed by atoms with E-state index < -0.39 is 0 Å². The number of nitrogens with zero attached hydrogens (tertiary/aromatic N) is 1. The molecular formula is C23H32N2O3. The molecule has 0 aliphatic carbocycles. The number of benzene rings is 1. The molecule has 0 bridgehead atoms. The predicted octanol–water partition coefficient (Wildman–Crippen LogP) is 4.17. The average Bonchev–Trinajstić information content (AvgIpc) is 3.09. The SMILES string of the molecule is Cc1ccc([C@H](CNC(=O)COc2c(C)cccc2C)N2CCC(C)CC2)o1. The Bertz CT molecular complexity index is 771. The van der Waals surface area contributed by atoms with E-state index in [0.29, 0.717) is 6.54 Å². The van der Waals surface area contributed by atoms with Gasteiger partial charge in [-0.2, -0.15) is 0 Å². The Balaban J connectivity index is 1.59. The molecule has 152 valence electrons. The summed E-state index contributed by atoms with van der Waals surface area (Å²) in [5, 5.41) is 3.04. The van der Waals surface area contributed by atoms with Crippen LogP contribution >= 0.6 is 0 Å². The molecule has 1 aliphatic heterocycles. The second-order valence-corrected chi connectivity index (χ2v) is 8.00. The molecule has 5 heteroatoms. The summed E-state index contributed by atoms with van der Waals surface area (Å²) >= 11 is 0. The number of carbonyl (C=O) groups excluding carboxylic acids is 1. The second-order valence-electron chi connectivity index (χ2n) is 8.00. The molecule has 0 saturated carbocycles. The van der Waals surface area contributed by atoms with E-state index >= 15 is 0 Å². The van der Waals surface area contributed by atoms with Crippen molar-refractivity contribution in [2.75, 3.05) is 26.2 Å². The first-order valence-electron chi connectivity index (χ1n) is 10.2. The highest BCUT2D eigenvalue weighted by Gasteiger charge is 2.27. The van der Waals surface area contributed by atoms with E-state index in [-0.39, 0.29) is 18.6 Å². The maximum atomic E-state index is 12.4. The molecule has 0 radical (unpaired) electrons. The third-order valence-corrected chi connectivity index (χ3v) is 5.60. The molecule has 1 fully saturated rings. The van der Waals surface area contributed by atoms with Gasteiger partial charge in [-0.1, -0.05) is 25.1 Å². The summed E-state index contributed by atoms with van der Waals surface area (Å²) in [6.07, 6.45) is 2.36. The number of piperidine rings is 1. The van der Waals surface area contributed by atoms with Crippen LogP contribution in [0.5, 0.6) is 5.75 Å². The summed E-state index contributed by atoms with van der Waals surface area (Å²) in [5.74, 6) is 3.26. The minimum absolute atomic E-state index is 0.0205. The Hall–Kier alpha value is -2.27. The van der Waals surface area contributed by atoms with Gasteiger partial charge in [0.2, 0.25) is 0 Å². The molecule has 0 unspecified atom stereocenters. The summed E-state index contributed by atoms with van der Waals surface area (Å²) in [6.45, 7) is 10.8. The lowest BCUT2D eigenvalue weighted by atomic mass is 9.97. The number of carbonyl (C=O) groups is 1. The van der Waals surface area contributed by atoms with Crippen molar-refractivity contribution >= 4 is 5.91 Å². The minimum atomic E-state index is -0.110. The van der Waals surface area contributed by atoms with Crippen LogP contribution in [0, 0.1) is 26.7 Å². The second kappa shape index (κ2) is 9.28. The summed E-state index contributed by atoms with van der Waals surface area (Å²) in [4.78, 5) is 14.9. The highest BCUT2D eigenvalue weighted by atomic mass is 16.5. The lowest BCUT2D eigenvalue weighted by Crippen LogP contribution is -2.42. The third-order valence-electron chi connectivity index (χ3n) is 5.60. The van der Waals surface area contributed by atoms with Crippen LogP contribution < -0.4 is 10.1 Å². The lowest BCUT2D eigenvalue weighted by molar-refractivity contribution is -0.123. The first kappa shape index (κ1) is 20.5. The highest BCUT2D eigenvalue weighted by molar-refractivity contribution is 5.77. The van der Waals surface area contributed by atoms with Gasteiger partial charge < -0.3 is 14.5 Å². The van der Waals surface area contributed by atoms with Gasteiger partial charge in [0.05, 0.1) is 6.04 Å².